The van der Waals surface area contributed by atoms with Gasteiger partial charge in [-0.05, 0) is 96.8 Å². The van der Waals surface area contributed by atoms with Gasteiger partial charge in [-0.25, -0.2) is 33.4 Å². The zero-order valence-corrected chi connectivity index (χ0v) is 35.9. The number of aryl methyl sites for hydroxylation is 4. The number of aromatic nitrogens is 10. The summed E-state index contributed by atoms with van der Waals surface area (Å²) in [6, 6.07) is 24.9. The Labute approximate surface area is 359 Å². The Kier molecular flexibility index (Phi) is 13.0. The number of imidazole rings is 2. The van der Waals surface area contributed by atoms with Crippen molar-refractivity contribution in [1.82, 2.24) is 48.6 Å². The van der Waals surface area contributed by atoms with E-state index >= 15 is 0 Å². The summed E-state index contributed by atoms with van der Waals surface area (Å²) >= 11 is 0. The van der Waals surface area contributed by atoms with Crippen LogP contribution in [0, 0.1) is 25.5 Å². The molecule has 4 aromatic heterocycles. The number of halogens is 2. The Morgan fingerprint density at radius 2 is 1.08 bits per heavy atom. The molecule has 8 aromatic rings. The van der Waals surface area contributed by atoms with E-state index in [-0.39, 0.29) is 23.5 Å². The monoisotopic (exact) mass is 834 g/mol. The van der Waals surface area contributed by atoms with Crippen LogP contribution >= 0.6 is 0 Å². The van der Waals surface area contributed by atoms with Crippen molar-refractivity contribution in [3.63, 3.8) is 0 Å². The second kappa shape index (κ2) is 18.8. The van der Waals surface area contributed by atoms with Gasteiger partial charge in [-0.1, -0.05) is 62.4 Å². The molecule has 8 rings (SSSR count). The molecular formula is C48H48F2N10O2. The van der Waals surface area contributed by atoms with Gasteiger partial charge in [-0.2, -0.15) is 10.2 Å². The van der Waals surface area contributed by atoms with Crippen LogP contribution in [-0.2, 0) is 14.1 Å². The molecule has 0 fully saturated rings. The van der Waals surface area contributed by atoms with Crippen molar-refractivity contribution in [3.8, 4) is 22.9 Å². The van der Waals surface area contributed by atoms with Gasteiger partial charge in [0.1, 0.15) is 29.0 Å². The number of nitrogens with zero attached hydrogens (tertiary/aromatic N) is 10. The van der Waals surface area contributed by atoms with Crippen molar-refractivity contribution in [3.05, 3.63) is 179 Å². The summed E-state index contributed by atoms with van der Waals surface area (Å²) in [7, 11) is 7.03. The van der Waals surface area contributed by atoms with Crippen LogP contribution in [0.1, 0.15) is 82.6 Å². The molecule has 0 aliphatic heterocycles. The number of methoxy groups -OCH3 is 2. The van der Waals surface area contributed by atoms with E-state index in [1.54, 1.807) is 60.5 Å². The Bertz CT molecular complexity index is 2830. The smallest absolute Gasteiger partial charge is 0.174 e. The molecule has 0 saturated carbocycles. The molecule has 62 heavy (non-hydrogen) atoms. The van der Waals surface area contributed by atoms with Crippen molar-refractivity contribution >= 4 is 24.3 Å². The molecule has 0 aliphatic rings. The predicted octanol–water partition coefficient (Wildman–Crippen LogP) is 9.56. The lowest BCUT2D eigenvalue weighted by atomic mass is 10.0. The van der Waals surface area contributed by atoms with Crippen LogP contribution in [0.3, 0.4) is 0 Å². The van der Waals surface area contributed by atoms with Crippen molar-refractivity contribution in [2.75, 3.05) is 14.2 Å². The minimum absolute atomic E-state index is 0.00161. The summed E-state index contributed by atoms with van der Waals surface area (Å²) in [4.78, 5) is 17.9. The molecular weight excluding hydrogens is 787 g/mol. The zero-order chi connectivity index (χ0) is 43.9. The molecule has 0 bridgehead atoms. The first-order valence-electron chi connectivity index (χ1n) is 20.0. The van der Waals surface area contributed by atoms with Crippen LogP contribution in [0.15, 0.2) is 110 Å². The lowest BCUT2D eigenvalue weighted by Crippen LogP contribution is -2.05. The van der Waals surface area contributed by atoms with E-state index in [4.69, 9.17) is 9.47 Å². The van der Waals surface area contributed by atoms with E-state index in [0.717, 1.165) is 68.2 Å². The SMILES string of the molecule is COc1cc(/C=C/c2nc(C(C)c3ccc(F)cc3)n(C)n2)ccc1-n1cnc(C)c1.COc1cc(/C=C/c2nc(C(C)c3ccc(F)cc3)nn2C)ccc1-n1cnc(C)c1. The van der Waals surface area contributed by atoms with Gasteiger partial charge in [0.25, 0.3) is 0 Å². The molecule has 2 unspecified atom stereocenters. The summed E-state index contributed by atoms with van der Waals surface area (Å²) in [6.45, 7) is 7.95. The average Bonchev–Trinajstić information content (AvgIpc) is 4.09. The lowest BCUT2D eigenvalue weighted by Gasteiger charge is -2.10. The highest BCUT2D eigenvalue weighted by Gasteiger charge is 2.17. The topological polar surface area (TPSA) is 116 Å². The van der Waals surface area contributed by atoms with Crippen LogP contribution in [0.2, 0.25) is 0 Å². The third-order valence-electron chi connectivity index (χ3n) is 10.4. The Morgan fingerprint density at radius 3 is 1.56 bits per heavy atom. The van der Waals surface area contributed by atoms with Crippen molar-refractivity contribution in [1.29, 1.82) is 0 Å². The molecule has 2 atom stereocenters. The van der Waals surface area contributed by atoms with Gasteiger partial charge in [-0.3, -0.25) is 4.68 Å². The number of ether oxygens (including phenoxy) is 2. The van der Waals surface area contributed by atoms with Crippen molar-refractivity contribution in [2.24, 2.45) is 14.1 Å². The fourth-order valence-corrected chi connectivity index (χ4v) is 6.88. The number of hydrogen-bond acceptors (Lipinski definition) is 8. The fourth-order valence-electron chi connectivity index (χ4n) is 6.88. The zero-order valence-electron chi connectivity index (χ0n) is 35.9. The Balaban J connectivity index is 0.000000186. The lowest BCUT2D eigenvalue weighted by molar-refractivity contribution is 0.412. The van der Waals surface area contributed by atoms with E-state index < -0.39 is 0 Å². The summed E-state index contributed by atoms with van der Waals surface area (Å²) in [5.41, 5.74) is 7.64. The van der Waals surface area contributed by atoms with Gasteiger partial charge >= 0.3 is 0 Å². The summed E-state index contributed by atoms with van der Waals surface area (Å²) in [5.74, 6) is 3.82. The molecule has 14 heteroatoms. The molecule has 0 amide bonds. The van der Waals surface area contributed by atoms with Crippen LogP contribution in [0.4, 0.5) is 8.78 Å². The molecule has 0 aliphatic carbocycles. The van der Waals surface area contributed by atoms with Crippen LogP contribution in [0.5, 0.6) is 11.5 Å². The summed E-state index contributed by atoms with van der Waals surface area (Å²) < 4.78 is 44.9. The Hall–Kier alpha value is -7.48. The number of benzene rings is 4. The number of hydrogen-bond donors (Lipinski definition) is 0. The molecule has 0 N–H and O–H groups in total. The van der Waals surface area contributed by atoms with Gasteiger partial charge in [0.05, 0.1) is 49.6 Å². The third-order valence-corrected chi connectivity index (χ3v) is 10.4. The average molecular weight is 835 g/mol. The Morgan fingerprint density at radius 1 is 0.581 bits per heavy atom. The van der Waals surface area contributed by atoms with Gasteiger partial charge < -0.3 is 18.6 Å². The summed E-state index contributed by atoms with van der Waals surface area (Å²) in [6.07, 6.45) is 15.2. The van der Waals surface area contributed by atoms with E-state index in [2.05, 4.69) is 30.1 Å². The molecule has 4 heterocycles. The highest BCUT2D eigenvalue weighted by atomic mass is 19.1. The van der Waals surface area contributed by atoms with Crippen LogP contribution < -0.4 is 9.47 Å². The maximum atomic E-state index is 13.2. The molecule has 316 valence electrons. The summed E-state index contributed by atoms with van der Waals surface area (Å²) in [5, 5.41) is 9.04. The van der Waals surface area contributed by atoms with Crippen molar-refractivity contribution < 1.29 is 18.3 Å². The maximum absolute atomic E-state index is 13.2. The standard InChI is InChI=1S/2C24H24FN5O/c1-16-14-30(15-26-16)21-11-5-18(13-22(21)31-4)6-12-23-27-24(28-29(23)3)17(2)19-7-9-20(25)10-8-19;1-16-14-30(15-26-16)21-11-5-18(13-22(21)31-4)6-12-23-27-24(29(3)28-23)17(2)19-7-9-20(25)10-8-19/h2*5-15,17H,1-4H3/b2*12-6+. The van der Waals surface area contributed by atoms with E-state index in [1.165, 1.54) is 24.3 Å². The molecule has 12 nitrogen and oxygen atoms in total. The van der Waals surface area contributed by atoms with Crippen LogP contribution in [-0.4, -0.2) is 62.9 Å². The first kappa shape index (κ1) is 42.6. The van der Waals surface area contributed by atoms with E-state index in [0.29, 0.717) is 11.6 Å². The van der Waals surface area contributed by atoms with E-state index in [9.17, 15) is 8.78 Å². The first-order chi connectivity index (χ1) is 29.9. The van der Waals surface area contributed by atoms with Crippen LogP contribution in [0.25, 0.3) is 35.7 Å². The second-order valence-electron chi connectivity index (χ2n) is 14.8. The molecule has 0 radical (unpaired) electrons. The second-order valence-corrected chi connectivity index (χ2v) is 14.8. The quantitative estimate of drug-likeness (QED) is 0.120. The maximum Gasteiger partial charge on any atom is 0.174 e. The third kappa shape index (κ3) is 9.92. The van der Waals surface area contributed by atoms with Gasteiger partial charge in [0.2, 0.25) is 0 Å². The van der Waals surface area contributed by atoms with Gasteiger partial charge in [-0.15, -0.1) is 0 Å². The minimum Gasteiger partial charge on any atom is -0.495 e. The van der Waals surface area contributed by atoms with Gasteiger partial charge in [0.15, 0.2) is 17.5 Å². The molecule has 0 saturated heterocycles. The molecule has 0 spiro atoms. The highest BCUT2D eigenvalue weighted by molar-refractivity contribution is 5.70. The minimum atomic E-state index is -0.252. The van der Waals surface area contributed by atoms with Crippen molar-refractivity contribution in [2.45, 2.75) is 39.5 Å². The predicted molar refractivity (Wildman–Crippen MR) is 237 cm³/mol. The normalized spacial score (nSPS) is 12.4. The molecule has 4 aromatic carbocycles. The number of rotatable bonds is 12. The van der Waals surface area contributed by atoms with Gasteiger partial charge in [0, 0.05) is 38.3 Å². The highest BCUT2D eigenvalue weighted by Crippen LogP contribution is 2.28. The largest absolute Gasteiger partial charge is 0.495 e. The first-order valence-corrected chi connectivity index (χ1v) is 20.0. The van der Waals surface area contributed by atoms with E-state index in [1.807, 2.05) is 124 Å². The fraction of sp³-hybridized carbons (Fsp3) is 0.208.